The zero-order valence-corrected chi connectivity index (χ0v) is 13.8. The summed E-state index contributed by atoms with van der Waals surface area (Å²) in [6.45, 7) is 8.98. The highest BCUT2D eigenvalue weighted by atomic mass is 16.5. The number of hydrogen-bond donors (Lipinski definition) is 0. The molecule has 1 atom stereocenters. The molecule has 0 saturated carbocycles. The number of ketones is 1. The summed E-state index contributed by atoms with van der Waals surface area (Å²) in [6, 6.07) is 0. The molecule has 0 radical (unpaired) electrons. The van der Waals surface area contributed by atoms with Crippen LogP contribution in [-0.4, -0.2) is 19.5 Å². The first-order valence-corrected chi connectivity index (χ1v) is 7.91. The van der Waals surface area contributed by atoms with E-state index in [-0.39, 0.29) is 0 Å². The third kappa shape index (κ3) is 3.41. The molecular formula is C18H30O2. The predicted octanol–water partition coefficient (Wildman–Crippen LogP) is 4.70. The van der Waals surface area contributed by atoms with Crippen LogP contribution in [0.5, 0.6) is 0 Å². The minimum atomic E-state index is -0.492. The Morgan fingerprint density at radius 3 is 2.30 bits per heavy atom. The van der Waals surface area contributed by atoms with Crippen molar-refractivity contribution in [2.75, 3.05) is 13.7 Å². The van der Waals surface area contributed by atoms with Crippen LogP contribution in [0.4, 0.5) is 0 Å². The smallest absolute Gasteiger partial charge is 0.149 e. The topological polar surface area (TPSA) is 26.3 Å². The summed E-state index contributed by atoms with van der Waals surface area (Å²) in [5.41, 5.74) is 1.77. The molecular weight excluding hydrogens is 248 g/mol. The average Bonchev–Trinajstić information content (AvgIpc) is 2.72. The number of unbranched alkanes of at least 4 members (excludes halogenated alkanes) is 1. The van der Waals surface area contributed by atoms with Crippen molar-refractivity contribution in [1.82, 2.24) is 0 Å². The maximum atomic E-state index is 12.9. The van der Waals surface area contributed by atoms with Crippen molar-refractivity contribution in [3.8, 4) is 0 Å². The lowest BCUT2D eigenvalue weighted by atomic mass is 9.72. The van der Waals surface area contributed by atoms with Gasteiger partial charge in [-0.15, -0.1) is 0 Å². The number of allylic oxidation sites excluding steroid dienone is 2. The zero-order valence-electron chi connectivity index (χ0n) is 13.8. The molecule has 0 heterocycles. The minimum absolute atomic E-state index is 0.335. The number of carbonyl (C=O) groups excluding carboxylic acids is 1. The lowest BCUT2D eigenvalue weighted by Crippen LogP contribution is -2.37. The molecule has 0 amide bonds. The molecule has 0 spiro atoms. The Morgan fingerprint density at radius 1 is 1.25 bits per heavy atom. The highest BCUT2D eigenvalue weighted by Gasteiger charge is 2.43. The van der Waals surface area contributed by atoms with Gasteiger partial charge in [-0.1, -0.05) is 62.8 Å². The molecule has 0 saturated heterocycles. The minimum Gasteiger partial charge on any atom is -0.383 e. The van der Waals surface area contributed by atoms with E-state index < -0.39 is 5.41 Å². The van der Waals surface area contributed by atoms with E-state index in [1.807, 2.05) is 0 Å². The predicted molar refractivity (Wildman–Crippen MR) is 84.8 cm³/mol. The van der Waals surface area contributed by atoms with Gasteiger partial charge in [0, 0.05) is 13.5 Å². The molecule has 2 heteroatoms. The number of rotatable bonds is 9. The van der Waals surface area contributed by atoms with Crippen LogP contribution < -0.4 is 0 Å². The van der Waals surface area contributed by atoms with Gasteiger partial charge in [0.15, 0.2) is 0 Å². The van der Waals surface area contributed by atoms with E-state index in [1.165, 1.54) is 12.8 Å². The lowest BCUT2D eigenvalue weighted by molar-refractivity contribution is -0.128. The molecule has 0 bridgehead atoms. The molecule has 1 unspecified atom stereocenters. The van der Waals surface area contributed by atoms with Gasteiger partial charge in [-0.05, 0) is 19.8 Å². The van der Waals surface area contributed by atoms with Crippen molar-refractivity contribution < 1.29 is 9.53 Å². The molecule has 0 aromatic rings. The first-order chi connectivity index (χ1) is 9.52. The number of methoxy groups -OCH3 is 1. The summed E-state index contributed by atoms with van der Waals surface area (Å²) in [4.78, 5) is 12.9. The Morgan fingerprint density at radius 2 is 1.85 bits per heavy atom. The van der Waals surface area contributed by atoms with Gasteiger partial charge in [0.1, 0.15) is 5.78 Å². The van der Waals surface area contributed by atoms with Gasteiger partial charge in [-0.2, -0.15) is 0 Å². The van der Waals surface area contributed by atoms with Crippen molar-refractivity contribution in [1.29, 1.82) is 0 Å². The van der Waals surface area contributed by atoms with Gasteiger partial charge in [0.25, 0.3) is 0 Å². The van der Waals surface area contributed by atoms with Crippen LogP contribution in [0.15, 0.2) is 23.3 Å². The molecule has 1 aliphatic carbocycles. The molecule has 114 valence electrons. The van der Waals surface area contributed by atoms with Gasteiger partial charge in [-0.25, -0.2) is 0 Å². The standard InChI is InChI=1S/C18H30O2/c1-6-8-9-16(7-2)12-17(19)18(13-20-5)14(3)10-11-15(18)4/h10-11,16H,6-9,12-13H2,1-5H3. The van der Waals surface area contributed by atoms with E-state index in [9.17, 15) is 4.79 Å². The summed E-state index contributed by atoms with van der Waals surface area (Å²) in [5.74, 6) is 0.847. The van der Waals surface area contributed by atoms with Gasteiger partial charge in [-0.3, -0.25) is 4.79 Å². The van der Waals surface area contributed by atoms with Gasteiger partial charge in [0.05, 0.1) is 12.0 Å². The number of hydrogen-bond acceptors (Lipinski definition) is 2. The normalized spacial score (nSPS) is 18.6. The van der Waals surface area contributed by atoms with Crippen LogP contribution in [0, 0.1) is 11.3 Å². The molecule has 20 heavy (non-hydrogen) atoms. The second kappa shape index (κ2) is 7.78. The number of ether oxygens (including phenoxy) is 1. The highest BCUT2D eigenvalue weighted by Crippen LogP contribution is 2.43. The van der Waals surface area contributed by atoms with Crippen LogP contribution in [-0.2, 0) is 9.53 Å². The van der Waals surface area contributed by atoms with Crippen LogP contribution >= 0.6 is 0 Å². The molecule has 0 aliphatic heterocycles. The summed E-state index contributed by atoms with van der Waals surface area (Å²) in [7, 11) is 1.68. The number of carbonyl (C=O) groups is 1. The van der Waals surface area contributed by atoms with E-state index in [0.717, 1.165) is 24.0 Å². The summed E-state index contributed by atoms with van der Waals surface area (Å²) in [5, 5.41) is 0. The Kier molecular flexibility index (Phi) is 6.67. The van der Waals surface area contributed by atoms with Crippen LogP contribution in [0.25, 0.3) is 0 Å². The summed E-state index contributed by atoms with van der Waals surface area (Å²) < 4.78 is 5.38. The van der Waals surface area contributed by atoms with Gasteiger partial charge in [0.2, 0.25) is 0 Å². The third-order valence-electron chi connectivity index (χ3n) is 4.78. The maximum Gasteiger partial charge on any atom is 0.149 e. The fourth-order valence-electron chi connectivity index (χ4n) is 3.19. The van der Waals surface area contributed by atoms with Crippen molar-refractivity contribution in [3.05, 3.63) is 23.3 Å². The Balaban J connectivity index is 2.85. The third-order valence-corrected chi connectivity index (χ3v) is 4.78. The van der Waals surface area contributed by atoms with Crippen molar-refractivity contribution in [3.63, 3.8) is 0 Å². The Bertz CT molecular complexity index is 372. The molecule has 2 nitrogen and oxygen atoms in total. The zero-order chi connectivity index (χ0) is 15.2. The number of Topliss-reactive ketones (excluding diaryl/α,β-unsaturated/α-hetero) is 1. The van der Waals surface area contributed by atoms with Crippen LogP contribution in [0.1, 0.15) is 59.8 Å². The van der Waals surface area contributed by atoms with E-state index in [1.54, 1.807) is 7.11 Å². The van der Waals surface area contributed by atoms with Gasteiger partial charge < -0.3 is 4.74 Å². The van der Waals surface area contributed by atoms with E-state index >= 15 is 0 Å². The second-order valence-electron chi connectivity index (χ2n) is 6.08. The quantitative estimate of drug-likeness (QED) is 0.611. The van der Waals surface area contributed by atoms with Gasteiger partial charge >= 0.3 is 0 Å². The van der Waals surface area contributed by atoms with Crippen molar-refractivity contribution in [2.45, 2.75) is 59.8 Å². The first-order valence-electron chi connectivity index (χ1n) is 7.91. The van der Waals surface area contributed by atoms with Crippen molar-refractivity contribution >= 4 is 5.78 Å². The molecule has 0 N–H and O–H groups in total. The fourth-order valence-corrected chi connectivity index (χ4v) is 3.19. The monoisotopic (exact) mass is 278 g/mol. The fraction of sp³-hybridized carbons (Fsp3) is 0.722. The average molecular weight is 278 g/mol. The Hall–Kier alpha value is -0.890. The Labute approximate surface area is 124 Å². The second-order valence-corrected chi connectivity index (χ2v) is 6.08. The molecule has 0 aromatic heterocycles. The van der Waals surface area contributed by atoms with E-state index in [2.05, 4.69) is 39.8 Å². The lowest BCUT2D eigenvalue weighted by Gasteiger charge is -2.32. The molecule has 0 aromatic carbocycles. The molecule has 1 rings (SSSR count). The van der Waals surface area contributed by atoms with Crippen LogP contribution in [0.2, 0.25) is 0 Å². The van der Waals surface area contributed by atoms with Crippen LogP contribution in [0.3, 0.4) is 0 Å². The first kappa shape index (κ1) is 17.2. The maximum absolute atomic E-state index is 12.9. The highest BCUT2D eigenvalue weighted by molar-refractivity contribution is 5.92. The summed E-state index contributed by atoms with van der Waals surface area (Å²) in [6.07, 6.45) is 9.47. The van der Waals surface area contributed by atoms with E-state index in [4.69, 9.17) is 4.74 Å². The van der Waals surface area contributed by atoms with E-state index in [0.29, 0.717) is 24.7 Å². The largest absolute Gasteiger partial charge is 0.383 e. The summed E-state index contributed by atoms with van der Waals surface area (Å²) >= 11 is 0. The molecule has 1 aliphatic rings. The van der Waals surface area contributed by atoms with Crippen molar-refractivity contribution in [2.24, 2.45) is 11.3 Å². The molecule has 0 fully saturated rings. The SMILES string of the molecule is CCCCC(CC)CC(=O)C1(COC)C(C)=CC=C1C.